The number of hydrogen-bond acceptors (Lipinski definition) is 6. The lowest BCUT2D eigenvalue weighted by Crippen LogP contribution is -2.29. The molecule has 0 aliphatic carbocycles. The van der Waals surface area contributed by atoms with Gasteiger partial charge in [-0.05, 0) is 24.6 Å². The maximum absolute atomic E-state index is 13.1. The molecule has 0 radical (unpaired) electrons. The number of esters is 1. The van der Waals surface area contributed by atoms with Crippen LogP contribution in [0.2, 0.25) is 0 Å². The van der Waals surface area contributed by atoms with Crippen LogP contribution in [0.15, 0.2) is 36.4 Å². The first-order valence-corrected chi connectivity index (χ1v) is 10.5. The summed E-state index contributed by atoms with van der Waals surface area (Å²) in [5, 5.41) is 2.96. The Morgan fingerprint density at radius 2 is 1.88 bits per heavy atom. The molecule has 0 bridgehead atoms. The van der Waals surface area contributed by atoms with E-state index in [1.54, 1.807) is 25.1 Å². The topological polar surface area (TPSA) is 77.1 Å². The van der Waals surface area contributed by atoms with Crippen LogP contribution in [0.4, 0.5) is 10.1 Å². The van der Waals surface area contributed by atoms with E-state index in [0.29, 0.717) is 35.7 Å². The van der Waals surface area contributed by atoms with E-state index in [2.05, 4.69) is 23.2 Å². The average molecular weight is 467 g/mol. The maximum Gasteiger partial charge on any atom is 0.340 e. The number of benzene rings is 2. The Morgan fingerprint density at radius 3 is 2.50 bits per heavy atom. The quantitative estimate of drug-likeness (QED) is 0.237. The summed E-state index contributed by atoms with van der Waals surface area (Å²) >= 11 is 0. The van der Waals surface area contributed by atoms with E-state index in [1.165, 1.54) is 37.3 Å². The molecule has 0 heterocycles. The molecule has 7 nitrogen and oxygen atoms in total. The number of methoxy groups -OCH3 is 2. The maximum atomic E-state index is 13.1. The summed E-state index contributed by atoms with van der Waals surface area (Å²) < 4.78 is 29.2. The van der Waals surface area contributed by atoms with Gasteiger partial charge in [-0.1, -0.05) is 24.0 Å². The Balaban J connectivity index is 2.04. The molecule has 0 spiro atoms. The Morgan fingerprint density at radius 1 is 1.15 bits per heavy atom. The number of carbonyl (C=O) groups is 2. The van der Waals surface area contributed by atoms with E-state index in [9.17, 15) is 14.0 Å². The molecule has 0 saturated carbocycles. The summed E-state index contributed by atoms with van der Waals surface area (Å²) in [6, 6.07) is 11.7. The molecule has 0 unspecified atom stereocenters. The lowest BCUT2D eigenvalue weighted by molar-refractivity contribution is -0.127. The van der Waals surface area contributed by atoms with Gasteiger partial charge < -0.3 is 19.5 Å². The predicted octanol–water partition coefficient (Wildman–Crippen LogP) is 3.49. The molecule has 0 aliphatic rings. The van der Waals surface area contributed by atoms with E-state index in [-0.39, 0.29) is 36.9 Å². The second kappa shape index (κ2) is 13.4. The Labute approximate surface area is 199 Å². The molecule has 0 atom stereocenters. The number of carbonyl (C=O) groups excluding carboxylic acids is 2. The van der Waals surface area contributed by atoms with Gasteiger partial charge in [-0.15, -0.1) is 6.42 Å². The summed E-state index contributed by atoms with van der Waals surface area (Å²) in [6.45, 7) is 2.42. The molecule has 0 fully saturated rings. The highest BCUT2D eigenvalue weighted by Crippen LogP contribution is 2.34. The number of nitrogens with one attached hydrogen (secondary N) is 1. The molecule has 0 aliphatic heterocycles. The fourth-order valence-electron chi connectivity index (χ4n) is 3.06. The summed E-state index contributed by atoms with van der Waals surface area (Å²) in [6.07, 6.45) is 5.87. The van der Waals surface area contributed by atoms with E-state index in [1.807, 2.05) is 0 Å². The molecule has 1 amide bonds. The minimum atomic E-state index is -0.553. The molecule has 2 rings (SSSR count). The number of rotatable bonds is 11. The van der Waals surface area contributed by atoms with Gasteiger partial charge in [-0.25, -0.2) is 9.18 Å². The van der Waals surface area contributed by atoms with Crippen LogP contribution in [0.25, 0.3) is 0 Å². The molecule has 0 saturated heterocycles. The predicted molar refractivity (Wildman–Crippen MR) is 127 cm³/mol. The zero-order chi connectivity index (χ0) is 24.9. The lowest BCUT2D eigenvalue weighted by Gasteiger charge is -2.18. The van der Waals surface area contributed by atoms with Crippen LogP contribution >= 0.6 is 0 Å². The largest absolute Gasteiger partial charge is 0.493 e. The van der Waals surface area contributed by atoms with Crippen molar-refractivity contribution in [2.75, 3.05) is 39.2 Å². The number of hydrogen-bond donors (Lipinski definition) is 1. The lowest BCUT2D eigenvalue weighted by atomic mass is 10.1. The second-order valence-electron chi connectivity index (χ2n) is 7.01. The minimum absolute atomic E-state index is 0.109. The first-order valence-electron chi connectivity index (χ1n) is 10.5. The van der Waals surface area contributed by atoms with Crippen LogP contribution < -0.4 is 14.8 Å². The Kier molecular flexibility index (Phi) is 10.3. The SMILES string of the molecule is C#CCNc1cc(OC)c(OCCCN(C#CC)C(=O)Cc2ccc(F)cc2)cc1C(=O)OC. The summed E-state index contributed by atoms with van der Waals surface area (Å²) in [7, 11) is 2.77. The molecule has 2 aromatic carbocycles. The normalized spacial score (nSPS) is 9.74. The third-order valence-corrected chi connectivity index (χ3v) is 4.69. The molecule has 34 heavy (non-hydrogen) atoms. The van der Waals surface area contributed by atoms with Crippen molar-refractivity contribution in [3.05, 3.63) is 53.3 Å². The Hall–Kier alpha value is -4.17. The van der Waals surface area contributed by atoms with Crippen LogP contribution in [-0.2, 0) is 16.0 Å². The van der Waals surface area contributed by atoms with Crippen molar-refractivity contribution in [2.24, 2.45) is 0 Å². The van der Waals surface area contributed by atoms with Crippen LogP contribution in [0.3, 0.4) is 0 Å². The molecular weight excluding hydrogens is 439 g/mol. The molecule has 178 valence electrons. The van der Waals surface area contributed by atoms with Crippen molar-refractivity contribution in [1.82, 2.24) is 4.90 Å². The van der Waals surface area contributed by atoms with Gasteiger partial charge in [-0.3, -0.25) is 9.69 Å². The van der Waals surface area contributed by atoms with Crippen molar-refractivity contribution in [3.63, 3.8) is 0 Å². The van der Waals surface area contributed by atoms with Crippen molar-refractivity contribution in [1.29, 1.82) is 0 Å². The van der Waals surface area contributed by atoms with Crippen LogP contribution in [-0.4, -0.2) is 50.7 Å². The van der Waals surface area contributed by atoms with Crippen molar-refractivity contribution in [2.45, 2.75) is 19.8 Å². The van der Waals surface area contributed by atoms with Gasteiger partial charge in [-0.2, -0.15) is 0 Å². The fourth-order valence-corrected chi connectivity index (χ4v) is 3.06. The number of ether oxygens (including phenoxy) is 3. The molecule has 0 aromatic heterocycles. The number of amides is 1. The molecule has 2 aromatic rings. The highest BCUT2D eigenvalue weighted by atomic mass is 19.1. The zero-order valence-corrected chi connectivity index (χ0v) is 19.4. The van der Waals surface area contributed by atoms with Gasteiger partial charge in [0.05, 0.1) is 45.0 Å². The summed E-state index contributed by atoms with van der Waals surface area (Å²) in [5.74, 6) is 4.82. The van der Waals surface area contributed by atoms with Crippen molar-refractivity contribution >= 4 is 17.6 Å². The van der Waals surface area contributed by atoms with E-state index in [4.69, 9.17) is 20.6 Å². The smallest absolute Gasteiger partial charge is 0.340 e. The van der Waals surface area contributed by atoms with E-state index in [0.717, 1.165) is 0 Å². The number of anilines is 1. The third-order valence-electron chi connectivity index (χ3n) is 4.69. The highest BCUT2D eigenvalue weighted by molar-refractivity contribution is 5.96. The summed E-state index contributed by atoms with van der Waals surface area (Å²) in [4.78, 5) is 26.2. The molecule has 1 N–H and O–H groups in total. The zero-order valence-electron chi connectivity index (χ0n) is 19.4. The second-order valence-corrected chi connectivity index (χ2v) is 7.01. The monoisotopic (exact) mass is 466 g/mol. The van der Waals surface area contributed by atoms with Gasteiger partial charge in [0.2, 0.25) is 5.91 Å². The van der Waals surface area contributed by atoms with Crippen LogP contribution in [0.5, 0.6) is 11.5 Å². The van der Waals surface area contributed by atoms with Crippen molar-refractivity contribution in [3.8, 4) is 35.8 Å². The minimum Gasteiger partial charge on any atom is -0.493 e. The molecular formula is C26H27FN2O5. The van der Waals surface area contributed by atoms with Gasteiger partial charge in [0.25, 0.3) is 0 Å². The first-order chi connectivity index (χ1) is 16.4. The third kappa shape index (κ3) is 7.46. The van der Waals surface area contributed by atoms with Gasteiger partial charge in [0, 0.05) is 31.1 Å². The van der Waals surface area contributed by atoms with Crippen molar-refractivity contribution < 1.29 is 28.2 Å². The van der Waals surface area contributed by atoms with Gasteiger partial charge in [0.15, 0.2) is 11.5 Å². The molecule has 8 heteroatoms. The number of halogens is 1. The summed E-state index contributed by atoms with van der Waals surface area (Å²) in [5.41, 5.74) is 1.41. The van der Waals surface area contributed by atoms with Crippen LogP contribution in [0, 0.1) is 30.1 Å². The van der Waals surface area contributed by atoms with Gasteiger partial charge in [0.1, 0.15) is 5.82 Å². The number of nitrogens with zero attached hydrogens (tertiary/aromatic N) is 1. The van der Waals surface area contributed by atoms with E-state index < -0.39 is 5.97 Å². The number of terminal acetylenes is 1. The van der Waals surface area contributed by atoms with Gasteiger partial charge >= 0.3 is 5.97 Å². The fraction of sp³-hybridized carbons (Fsp3) is 0.308. The Bertz CT molecular complexity index is 1100. The highest BCUT2D eigenvalue weighted by Gasteiger charge is 2.18. The van der Waals surface area contributed by atoms with E-state index >= 15 is 0 Å². The standard InChI is InChI=1S/C26H27FN2O5/c1-5-12-28-22-18-23(32-3)24(17-21(22)26(31)33-4)34-15-7-14-29(13-6-2)25(30)16-19-8-10-20(27)11-9-19/h1,8-11,17-18,28H,7,12,14-16H2,2-4H3. The average Bonchev–Trinajstić information content (AvgIpc) is 2.85. The van der Waals surface area contributed by atoms with Crippen LogP contribution in [0.1, 0.15) is 29.3 Å². The first kappa shape index (κ1) is 26.1.